The van der Waals surface area contributed by atoms with Gasteiger partial charge in [0.2, 0.25) is 0 Å². The number of nitrogens with zero attached hydrogens (tertiary/aromatic N) is 1. The molecule has 2 aromatic rings. The molecule has 2 heterocycles. The van der Waals surface area contributed by atoms with E-state index in [-0.39, 0.29) is 11.8 Å². The van der Waals surface area contributed by atoms with Crippen molar-refractivity contribution in [1.82, 2.24) is 10.2 Å². The minimum Gasteiger partial charge on any atom is -0.379 e. The highest BCUT2D eigenvalue weighted by Gasteiger charge is 2.15. The number of ether oxygens (including phenoxy) is 1. The standard InChI is InChI=1S/C18H21N3O3S/c22-17(19-7-8-21-9-11-24-12-10-21)14-4-1-2-5-15(14)20-18(23)16-6-3-13-25-16/h1-6,13H,7-12H2,(H,19,22)(H,20,23). The maximum Gasteiger partial charge on any atom is 0.265 e. The Hall–Kier alpha value is -2.22. The third kappa shape index (κ3) is 4.88. The SMILES string of the molecule is O=C(Nc1ccccc1C(=O)NCCN1CCOCC1)c1cccs1. The van der Waals surface area contributed by atoms with E-state index in [0.29, 0.717) is 22.7 Å². The van der Waals surface area contributed by atoms with Crippen molar-refractivity contribution in [2.45, 2.75) is 0 Å². The van der Waals surface area contributed by atoms with E-state index >= 15 is 0 Å². The fourth-order valence-electron chi connectivity index (χ4n) is 2.63. The van der Waals surface area contributed by atoms with Gasteiger partial charge in [-0.3, -0.25) is 14.5 Å². The van der Waals surface area contributed by atoms with Gasteiger partial charge in [0, 0.05) is 26.2 Å². The van der Waals surface area contributed by atoms with Crippen LogP contribution in [-0.2, 0) is 4.74 Å². The van der Waals surface area contributed by atoms with Gasteiger partial charge in [-0.05, 0) is 23.6 Å². The number of nitrogens with one attached hydrogen (secondary N) is 2. The highest BCUT2D eigenvalue weighted by atomic mass is 32.1. The Morgan fingerprint density at radius 2 is 1.88 bits per heavy atom. The van der Waals surface area contributed by atoms with Gasteiger partial charge in [0.15, 0.2) is 0 Å². The van der Waals surface area contributed by atoms with E-state index < -0.39 is 0 Å². The van der Waals surface area contributed by atoms with Crippen molar-refractivity contribution in [2.75, 3.05) is 44.7 Å². The van der Waals surface area contributed by atoms with Gasteiger partial charge in [-0.2, -0.15) is 0 Å². The smallest absolute Gasteiger partial charge is 0.265 e. The summed E-state index contributed by atoms with van der Waals surface area (Å²) in [5, 5.41) is 7.59. The van der Waals surface area contributed by atoms with Crippen molar-refractivity contribution in [3.05, 3.63) is 52.2 Å². The lowest BCUT2D eigenvalue weighted by molar-refractivity contribution is 0.0383. The van der Waals surface area contributed by atoms with Crippen LogP contribution in [0.5, 0.6) is 0 Å². The largest absolute Gasteiger partial charge is 0.379 e. The summed E-state index contributed by atoms with van der Waals surface area (Å²) in [7, 11) is 0. The van der Waals surface area contributed by atoms with Crippen molar-refractivity contribution in [1.29, 1.82) is 0 Å². The van der Waals surface area contributed by atoms with Gasteiger partial charge in [0.1, 0.15) is 0 Å². The van der Waals surface area contributed by atoms with Crippen LogP contribution in [0.25, 0.3) is 0 Å². The Kier molecular flexibility index (Phi) is 6.16. The van der Waals surface area contributed by atoms with Gasteiger partial charge in [-0.25, -0.2) is 0 Å². The zero-order chi connectivity index (χ0) is 17.5. The lowest BCUT2D eigenvalue weighted by Gasteiger charge is -2.26. The Bertz CT molecular complexity index is 712. The van der Waals surface area contributed by atoms with Crippen LogP contribution in [0.15, 0.2) is 41.8 Å². The zero-order valence-electron chi connectivity index (χ0n) is 13.9. The average Bonchev–Trinajstić information content (AvgIpc) is 3.18. The summed E-state index contributed by atoms with van der Waals surface area (Å²) in [5.41, 5.74) is 0.985. The second-order valence-electron chi connectivity index (χ2n) is 5.69. The summed E-state index contributed by atoms with van der Waals surface area (Å²) in [4.78, 5) is 27.6. The normalized spacial score (nSPS) is 14.9. The maximum absolute atomic E-state index is 12.5. The summed E-state index contributed by atoms with van der Waals surface area (Å²) < 4.78 is 5.31. The zero-order valence-corrected chi connectivity index (χ0v) is 14.7. The number of hydrogen-bond acceptors (Lipinski definition) is 5. The molecule has 0 bridgehead atoms. The molecule has 1 saturated heterocycles. The number of thiophene rings is 1. The molecule has 1 aromatic heterocycles. The molecule has 0 aliphatic carbocycles. The molecule has 0 spiro atoms. The molecule has 25 heavy (non-hydrogen) atoms. The Labute approximate surface area is 150 Å². The van der Waals surface area contributed by atoms with E-state index in [9.17, 15) is 9.59 Å². The van der Waals surface area contributed by atoms with Gasteiger partial charge >= 0.3 is 0 Å². The molecule has 1 fully saturated rings. The van der Waals surface area contributed by atoms with Crippen molar-refractivity contribution in [2.24, 2.45) is 0 Å². The predicted molar refractivity (Wildman–Crippen MR) is 98.3 cm³/mol. The summed E-state index contributed by atoms with van der Waals surface area (Å²) >= 11 is 1.37. The van der Waals surface area contributed by atoms with E-state index in [1.807, 2.05) is 11.4 Å². The minimum atomic E-state index is -0.205. The lowest BCUT2D eigenvalue weighted by Crippen LogP contribution is -2.41. The number of hydrogen-bond donors (Lipinski definition) is 2. The van der Waals surface area contributed by atoms with Crippen molar-refractivity contribution >= 4 is 28.8 Å². The second-order valence-corrected chi connectivity index (χ2v) is 6.63. The van der Waals surface area contributed by atoms with E-state index in [2.05, 4.69) is 15.5 Å². The van der Waals surface area contributed by atoms with Crippen LogP contribution in [0.3, 0.4) is 0 Å². The lowest BCUT2D eigenvalue weighted by atomic mass is 10.1. The van der Waals surface area contributed by atoms with Crippen LogP contribution in [0.4, 0.5) is 5.69 Å². The van der Waals surface area contributed by atoms with E-state index in [4.69, 9.17) is 4.74 Å². The number of benzene rings is 1. The Morgan fingerprint density at radius 1 is 1.08 bits per heavy atom. The monoisotopic (exact) mass is 359 g/mol. The van der Waals surface area contributed by atoms with Gasteiger partial charge in [-0.1, -0.05) is 18.2 Å². The molecule has 1 aliphatic rings. The molecule has 0 radical (unpaired) electrons. The highest BCUT2D eigenvalue weighted by molar-refractivity contribution is 7.12. The first-order chi connectivity index (χ1) is 12.2. The third-order valence-corrected chi connectivity index (χ3v) is 4.85. The number of morpholine rings is 1. The highest BCUT2D eigenvalue weighted by Crippen LogP contribution is 2.17. The molecule has 6 nitrogen and oxygen atoms in total. The molecule has 2 amide bonds. The summed E-state index contributed by atoms with van der Waals surface area (Å²) in [5.74, 6) is -0.390. The first kappa shape index (κ1) is 17.6. The minimum absolute atomic E-state index is 0.185. The number of carbonyl (C=O) groups is 2. The molecule has 0 saturated carbocycles. The summed E-state index contributed by atoms with van der Waals surface area (Å²) in [6.07, 6.45) is 0. The van der Waals surface area contributed by atoms with E-state index in [1.54, 1.807) is 30.3 Å². The van der Waals surface area contributed by atoms with Crippen LogP contribution < -0.4 is 10.6 Å². The molecule has 7 heteroatoms. The molecule has 3 rings (SSSR count). The quantitative estimate of drug-likeness (QED) is 0.828. The second kappa shape index (κ2) is 8.75. The molecule has 0 atom stereocenters. The molecule has 0 unspecified atom stereocenters. The van der Waals surface area contributed by atoms with Crippen molar-refractivity contribution < 1.29 is 14.3 Å². The van der Waals surface area contributed by atoms with E-state index in [0.717, 1.165) is 32.8 Å². The fraction of sp³-hybridized carbons (Fsp3) is 0.333. The number of rotatable bonds is 6. The van der Waals surface area contributed by atoms with Crippen LogP contribution in [0.2, 0.25) is 0 Å². The van der Waals surface area contributed by atoms with Gasteiger partial charge in [0.25, 0.3) is 11.8 Å². The Balaban J connectivity index is 1.57. The van der Waals surface area contributed by atoms with Crippen LogP contribution >= 0.6 is 11.3 Å². The first-order valence-corrected chi connectivity index (χ1v) is 9.14. The number of amides is 2. The van der Waals surface area contributed by atoms with Crippen molar-refractivity contribution in [3.63, 3.8) is 0 Å². The fourth-order valence-corrected chi connectivity index (χ4v) is 3.25. The summed E-state index contributed by atoms with van der Waals surface area (Å²) in [6.45, 7) is 4.62. The third-order valence-electron chi connectivity index (χ3n) is 3.98. The molecular weight excluding hydrogens is 338 g/mol. The van der Waals surface area contributed by atoms with Crippen molar-refractivity contribution in [3.8, 4) is 0 Å². The molecule has 132 valence electrons. The predicted octanol–water partition coefficient (Wildman–Crippen LogP) is 2.06. The van der Waals surface area contributed by atoms with Gasteiger partial charge < -0.3 is 15.4 Å². The summed E-state index contributed by atoms with van der Waals surface area (Å²) in [6, 6.07) is 10.6. The molecular formula is C18H21N3O3S. The number of carbonyl (C=O) groups excluding carboxylic acids is 2. The number of anilines is 1. The Morgan fingerprint density at radius 3 is 2.64 bits per heavy atom. The topological polar surface area (TPSA) is 70.7 Å². The van der Waals surface area contributed by atoms with Crippen LogP contribution in [0, 0.1) is 0 Å². The molecule has 1 aromatic carbocycles. The number of para-hydroxylation sites is 1. The van der Waals surface area contributed by atoms with E-state index in [1.165, 1.54) is 11.3 Å². The first-order valence-electron chi connectivity index (χ1n) is 8.26. The maximum atomic E-state index is 12.5. The van der Waals surface area contributed by atoms with Gasteiger partial charge in [0.05, 0.1) is 29.3 Å². The average molecular weight is 359 g/mol. The van der Waals surface area contributed by atoms with Crippen LogP contribution in [0.1, 0.15) is 20.0 Å². The molecule has 1 aliphatic heterocycles. The van der Waals surface area contributed by atoms with Gasteiger partial charge in [-0.15, -0.1) is 11.3 Å². The molecule has 2 N–H and O–H groups in total. The van der Waals surface area contributed by atoms with Crippen LogP contribution in [-0.4, -0.2) is 56.1 Å².